The Morgan fingerprint density at radius 2 is 2.14 bits per heavy atom. The van der Waals surface area contributed by atoms with Gasteiger partial charge in [0.25, 0.3) is 0 Å². The Kier molecular flexibility index (Phi) is 4.14. The fourth-order valence-corrected chi connectivity index (χ4v) is 4.09. The smallest absolute Gasteiger partial charge is 0.352 e. The number of nitrogens with zero attached hydrogens (tertiary/aromatic N) is 2. The van der Waals surface area contributed by atoms with Gasteiger partial charge in [0.05, 0.1) is 5.60 Å². The van der Waals surface area contributed by atoms with Crippen molar-refractivity contribution in [1.82, 2.24) is 8.87 Å². The molecule has 1 atom stereocenters. The molecule has 21 heavy (non-hydrogen) atoms. The summed E-state index contributed by atoms with van der Waals surface area (Å²) in [4.78, 5) is 11.2. The Bertz CT molecular complexity index is 648. The van der Waals surface area contributed by atoms with Crippen molar-refractivity contribution in [2.24, 2.45) is 0 Å². The summed E-state index contributed by atoms with van der Waals surface area (Å²) >= 11 is 0. The molecule has 0 saturated carbocycles. The lowest BCUT2D eigenvalue weighted by molar-refractivity contribution is 0.0684. The molecule has 1 saturated heterocycles. The average molecular weight is 316 g/mol. The standard InChI is InChI=1S/C13H20N2O5S/c1-3-5-14-8-10(7-11(14)12(16)17)21(19,20)15-6-4-13(2,18)9-15/h7-8,18H,3-6,9H2,1-2H3,(H,16,17). The minimum atomic E-state index is -3.77. The van der Waals surface area contributed by atoms with Gasteiger partial charge in [-0.05, 0) is 25.8 Å². The molecule has 2 N–H and O–H groups in total. The van der Waals surface area contributed by atoms with Crippen molar-refractivity contribution in [1.29, 1.82) is 0 Å². The van der Waals surface area contributed by atoms with Gasteiger partial charge in [0.2, 0.25) is 10.0 Å². The molecule has 1 unspecified atom stereocenters. The minimum Gasteiger partial charge on any atom is -0.477 e. The summed E-state index contributed by atoms with van der Waals surface area (Å²) in [6, 6.07) is 1.18. The molecule has 0 bridgehead atoms. The fourth-order valence-electron chi connectivity index (χ4n) is 2.49. The Morgan fingerprint density at radius 3 is 2.62 bits per heavy atom. The highest BCUT2D eigenvalue weighted by molar-refractivity contribution is 7.89. The minimum absolute atomic E-state index is 0.0245. The first kappa shape index (κ1) is 16.0. The zero-order chi connectivity index (χ0) is 15.8. The van der Waals surface area contributed by atoms with Crippen LogP contribution in [0.15, 0.2) is 17.2 Å². The van der Waals surface area contributed by atoms with Crippen LogP contribution >= 0.6 is 0 Å². The number of aromatic carboxylic acids is 1. The second-order valence-electron chi connectivity index (χ2n) is 5.65. The highest BCUT2D eigenvalue weighted by Gasteiger charge is 2.39. The first-order valence-electron chi connectivity index (χ1n) is 6.83. The van der Waals surface area contributed by atoms with Gasteiger partial charge in [-0.25, -0.2) is 13.2 Å². The molecule has 0 aliphatic carbocycles. The first-order valence-corrected chi connectivity index (χ1v) is 8.27. The van der Waals surface area contributed by atoms with E-state index in [0.29, 0.717) is 19.4 Å². The molecular formula is C13H20N2O5S. The van der Waals surface area contributed by atoms with Gasteiger partial charge < -0.3 is 14.8 Å². The Morgan fingerprint density at radius 1 is 1.48 bits per heavy atom. The van der Waals surface area contributed by atoms with Gasteiger partial charge in [-0.1, -0.05) is 6.92 Å². The Hall–Kier alpha value is -1.38. The lowest BCUT2D eigenvalue weighted by atomic mass is 10.1. The van der Waals surface area contributed by atoms with Crippen LogP contribution in [0.4, 0.5) is 0 Å². The highest BCUT2D eigenvalue weighted by atomic mass is 32.2. The number of carboxylic acids is 1. The van der Waals surface area contributed by atoms with E-state index in [1.165, 1.54) is 21.1 Å². The van der Waals surface area contributed by atoms with Gasteiger partial charge in [-0.3, -0.25) is 0 Å². The van der Waals surface area contributed by atoms with Gasteiger partial charge in [-0.15, -0.1) is 0 Å². The van der Waals surface area contributed by atoms with Gasteiger partial charge in [-0.2, -0.15) is 4.31 Å². The molecular weight excluding hydrogens is 296 g/mol. The number of aromatic nitrogens is 1. The normalized spacial score (nSPS) is 23.6. The third kappa shape index (κ3) is 3.12. The number of hydrogen-bond donors (Lipinski definition) is 2. The van der Waals surface area contributed by atoms with E-state index < -0.39 is 21.6 Å². The molecule has 7 nitrogen and oxygen atoms in total. The SMILES string of the molecule is CCCn1cc(S(=O)(=O)N2CCC(C)(O)C2)cc1C(=O)O. The monoisotopic (exact) mass is 316 g/mol. The third-order valence-corrected chi connectivity index (χ3v) is 5.42. The summed E-state index contributed by atoms with van der Waals surface area (Å²) in [6.07, 6.45) is 2.43. The Balaban J connectivity index is 2.37. The van der Waals surface area contributed by atoms with E-state index >= 15 is 0 Å². The fraction of sp³-hybridized carbons (Fsp3) is 0.615. The summed E-state index contributed by atoms with van der Waals surface area (Å²) in [7, 11) is -3.77. The van der Waals surface area contributed by atoms with Crippen molar-refractivity contribution in [3.8, 4) is 0 Å². The van der Waals surface area contributed by atoms with Gasteiger partial charge in [0, 0.05) is 25.8 Å². The number of carboxylic acid groups (broad SMARTS) is 1. The molecule has 118 valence electrons. The van der Waals surface area contributed by atoms with Crippen LogP contribution in [-0.4, -0.2) is 52.2 Å². The average Bonchev–Trinajstić information content (AvgIpc) is 2.94. The second kappa shape index (κ2) is 5.43. The summed E-state index contributed by atoms with van der Waals surface area (Å²) in [5, 5.41) is 19.1. The lowest BCUT2D eigenvalue weighted by Crippen LogP contribution is -2.33. The molecule has 0 aromatic carbocycles. The van der Waals surface area contributed by atoms with E-state index in [2.05, 4.69) is 0 Å². The molecule has 2 heterocycles. The van der Waals surface area contributed by atoms with E-state index in [4.69, 9.17) is 5.11 Å². The molecule has 1 aliphatic rings. The number of hydrogen-bond acceptors (Lipinski definition) is 4. The van der Waals surface area contributed by atoms with Crippen LogP contribution in [0.1, 0.15) is 37.2 Å². The predicted molar refractivity (Wildman–Crippen MR) is 75.7 cm³/mol. The van der Waals surface area contributed by atoms with Crippen LogP contribution in [0.2, 0.25) is 0 Å². The molecule has 0 amide bonds. The van der Waals surface area contributed by atoms with E-state index in [-0.39, 0.29) is 23.7 Å². The van der Waals surface area contributed by atoms with E-state index in [9.17, 15) is 18.3 Å². The van der Waals surface area contributed by atoms with Gasteiger partial charge in [0.1, 0.15) is 10.6 Å². The molecule has 1 aromatic heterocycles. The van der Waals surface area contributed by atoms with E-state index in [0.717, 1.165) is 0 Å². The zero-order valence-electron chi connectivity index (χ0n) is 12.1. The summed E-state index contributed by atoms with van der Waals surface area (Å²) < 4.78 is 27.7. The quantitative estimate of drug-likeness (QED) is 0.834. The second-order valence-corrected chi connectivity index (χ2v) is 7.58. The van der Waals surface area contributed by atoms with E-state index in [1.807, 2.05) is 6.92 Å². The van der Waals surface area contributed by atoms with Crippen LogP contribution < -0.4 is 0 Å². The number of aliphatic hydroxyl groups is 1. The van der Waals surface area contributed by atoms with Crippen LogP contribution in [0.5, 0.6) is 0 Å². The zero-order valence-corrected chi connectivity index (χ0v) is 12.9. The van der Waals surface area contributed by atoms with Crippen molar-refractivity contribution in [2.45, 2.75) is 43.7 Å². The molecule has 0 spiro atoms. The lowest BCUT2D eigenvalue weighted by Gasteiger charge is -2.18. The third-order valence-electron chi connectivity index (χ3n) is 3.61. The van der Waals surface area contributed by atoms with Crippen LogP contribution in [-0.2, 0) is 16.6 Å². The van der Waals surface area contributed by atoms with Crippen molar-refractivity contribution >= 4 is 16.0 Å². The maximum absolute atomic E-state index is 12.5. The van der Waals surface area contributed by atoms with Crippen molar-refractivity contribution < 1.29 is 23.4 Å². The summed E-state index contributed by atoms with van der Waals surface area (Å²) in [6.45, 7) is 4.17. The predicted octanol–water partition coefficient (Wildman–Crippen LogP) is 0.742. The molecule has 2 rings (SSSR count). The topological polar surface area (TPSA) is 99.8 Å². The van der Waals surface area contributed by atoms with Crippen molar-refractivity contribution in [2.75, 3.05) is 13.1 Å². The number of β-amino-alcohol motifs (C(OH)–C–C–N with tert-alkyl or cyclic N) is 1. The number of carbonyl (C=O) groups is 1. The van der Waals surface area contributed by atoms with Crippen molar-refractivity contribution in [3.63, 3.8) is 0 Å². The maximum atomic E-state index is 12.5. The number of rotatable bonds is 5. The molecule has 1 aliphatic heterocycles. The summed E-state index contributed by atoms with van der Waals surface area (Å²) in [5.74, 6) is -1.15. The molecule has 1 aromatic rings. The van der Waals surface area contributed by atoms with Crippen LogP contribution in [0.25, 0.3) is 0 Å². The van der Waals surface area contributed by atoms with Gasteiger partial charge in [0.15, 0.2) is 0 Å². The molecule has 1 fully saturated rings. The number of aryl methyl sites for hydroxylation is 1. The number of sulfonamides is 1. The summed E-state index contributed by atoms with van der Waals surface area (Å²) in [5.41, 5.74) is -1.07. The largest absolute Gasteiger partial charge is 0.477 e. The highest BCUT2D eigenvalue weighted by Crippen LogP contribution is 2.27. The molecule has 0 radical (unpaired) electrons. The van der Waals surface area contributed by atoms with Crippen LogP contribution in [0, 0.1) is 0 Å². The Labute approximate surface area is 123 Å². The van der Waals surface area contributed by atoms with Crippen molar-refractivity contribution in [3.05, 3.63) is 18.0 Å². The van der Waals surface area contributed by atoms with E-state index in [1.54, 1.807) is 6.92 Å². The molecule has 8 heteroatoms. The van der Waals surface area contributed by atoms with Crippen LogP contribution in [0.3, 0.4) is 0 Å². The first-order chi connectivity index (χ1) is 9.67. The maximum Gasteiger partial charge on any atom is 0.352 e. The van der Waals surface area contributed by atoms with Gasteiger partial charge >= 0.3 is 5.97 Å².